The molecule has 1 saturated heterocycles. The third kappa shape index (κ3) is 4.93. The molecule has 174 valence electrons. The Morgan fingerprint density at radius 1 is 1.16 bits per heavy atom. The zero-order valence-electron chi connectivity index (χ0n) is 19.0. The Labute approximate surface area is 195 Å². The molecule has 0 amide bonds. The van der Waals surface area contributed by atoms with Gasteiger partial charge in [-0.05, 0) is 76.0 Å². The molecule has 32 heavy (non-hydrogen) atoms. The van der Waals surface area contributed by atoms with Gasteiger partial charge in [-0.2, -0.15) is 0 Å². The van der Waals surface area contributed by atoms with Crippen LogP contribution in [0.1, 0.15) is 26.2 Å². The van der Waals surface area contributed by atoms with E-state index in [2.05, 4.69) is 9.80 Å². The molecule has 6 nitrogen and oxygen atoms in total. The third-order valence-corrected chi connectivity index (χ3v) is 8.95. The molecule has 1 N–H and O–H groups in total. The second kappa shape index (κ2) is 9.63. The highest BCUT2D eigenvalue weighted by Crippen LogP contribution is 2.51. The summed E-state index contributed by atoms with van der Waals surface area (Å²) >= 11 is 1.51. The third-order valence-electron chi connectivity index (χ3n) is 6.49. The maximum absolute atomic E-state index is 12.4. The van der Waals surface area contributed by atoms with Crippen molar-refractivity contribution in [2.24, 2.45) is 5.92 Å². The van der Waals surface area contributed by atoms with Crippen LogP contribution in [0.15, 0.2) is 51.1 Å². The van der Waals surface area contributed by atoms with E-state index in [1.54, 1.807) is 13.2 Å². The van der Waals surface area contributed by atoms with E-state index >= 15 is 0 Å². The molecule has 2 aromatic rings. The van der Waals surface area contributed by atoms with Gasteiger partial charge in [-0.15, -0.1) is 0 Å². The van der Waals surface area contributed by atoms with E-state index < -0.39 is 9.84 Å². The van der Waals surface area contributed by atoms with Crippen LogP contribution in [0.3, 0.4) is 0 Å². The van der Waals surface area contributed by atoms with Gasteiger partial charge in [0.15, 0.2) is 9.84 Å². The fourth-order valence-electron chi connectivity index (χ4n) is 4.62. The highest BCUT2D eigenvalue weighted by molar-refractivity contribution is 8.00. The zero-order chi connectivity index (χ0) is 22.9. The SMILES string of the molecule is COc1ccc2c(c1)N(CCCN1CCC(C(C)O)CC1)c1cccc(S(C)(=O)=O)c1S2. The molecule has 2 aromatic carbocycles. The van der Waals surface area contributed by atoms with E-state index in [4.69, 9.17) is 4.74 Å². The molecule has 0 radical (unpaired) electrons. The van der Waals surface area contributed by atoms with Crippen molar-refractivity contribution in [3.8, 4) is 5.75 Å². The summed E-state index contributed by atoms with van der Waals surface area (Å²) in [6.45, 7) is 5.70. The van der Waals surface area contributed by atoms with E-state index in [1.807, 2.05) is 37.3 Å². The van der Waals surface area contributed by atoms with Crippen molar-refractivity contribution in [3.05, 3.63) is 36.4 Å². The van der Waals surface area contributed by atoms with Gasteiger partial charge < -0.3 is 19.6 Å². The number of ether oxygens (including phenoxy) is 1. The summed E-state index contributed by atoms with van der Waals surface area (Å²) in [5.74, 6) is 1.20. The van der Waals surface area contributed by atoms with Gasteiger partial charge in [-0.1, -0.05) is 17.8 Å². The molecule has 1 fully saturated rings. The average Bonchev–Trinajstić information content (AvgIpc) is 2.77. The number of methoxy groups -OCH3 is 1. The first-order valence-electron chi connectivity index (χ1n) is 11.1. The van der Waals surface area contributed by atoms with Gasteiger partial charge in [0.1, 0.15) is 5.75 Å². The molecule has 0 spiro atoms. The molecule has 0 saturated carbocycles. The molecule has 1 unspecified atom stereocenters. The van der Waals surface area contributed by atoms with Gasteiger partial charge in [-0.25, -0.2) is 8.42 Å². The van der Waals surface area contributed by atoms with Crippen LogP contribution in [-0.2, 0) is 9.84 Å². The summed E-state index contributed by atoms with van der Waals surface area (Å²) in [5.41, 5.74) is 1.99. The quantitative estimate of drug-likeness (QED) is 0.643. The van der Waals surface area contributed by atoms with E-state index in [-0.39, 0.29) is 6.10 Å². The predicted molar refractivity (Wildman–Crippen MR) is 129 cm³/mol. The van der Waals surface area contributed by atoms with Crippen LogP contribution in [0.2, 0.25) is 0 Å². The minimum atomic E-state index is -3.33. The number of sulfone groups is 1. The molecule has 0 aliphatic carbocycles. The minimum absolute atomic E-state index is 0.227. The summed E-state index contributed by atoms with van der Waals surface area (Å²) in [4.78, 5) is 6.92. The van der Waals surface area contributed by atoms with Crippen molar-refractivity contribution in [3.63, 3.8) is 0 Å². The lowest BCUT2D eigenvalue weighted by molar-refractivity contribution is 0.0717. The molecule has 2 aliphatic rings. The van der Waals surface area contributed by atoms with Crippen molar-refractivity contribution in [2.75, 3.05) is 44.4 Å². The Kier molecular flexibility index (Phi) is 7.05. The topological polar surface area (TPSA) is 70.1 Å². The smallest absolute Gasteiger partial charge is 0.176 e. The number of likely N-dealkylation sites (tertiary alicyclic amines) is 1. The first-order chi connectivity index (χ1) is 15.3. The van der Waals surface area contributed by atoms with Gasteiger partial charge in [-0.3, -0.25) is 0 Å². The number of fused-ring (bicyclic) bond motifs is 2. The van der Waals surface area contributed by atoms with Gasteiger partial charge >= 0.3 is 0 Å². The number of hydrogen-bond acceptors (Lipinski definition) is 7. The van der Waals surface area contributed by atoms with Crippen molar-refractivity contribution in [2.45, 2.75) is 47.0 Å². The Morgan fingerprint density at radius 3 is 2.56 bits per heavy atom. The highest BCUT2D eigenvalue weighted by Gasteiger charge is 2.29. The van der Waals surface area contributed by atoms with Crippen LogP contribution in [0.4, 0.5) is 11.4 Å². The van der Waals surface area contributed by atoms with Crippen LogP contribution in [0.5, 0.6) is 5.75 Å². The molecule has 0 aromatic heterocycles. The second-order valence-electron chi connectivity index (χ2n) is 8.74. The molecule has 0 bridgehead atoms. The van der Waals surface area contributed by atoms with Crippen LogP contribution in [0.25, 0.3) is 0 Å². The standard InChI is InChI=1S/C24H32N2O4S2/c1-17(27)18-10-14-25(15-11-18)12-5-13-26-20-6-4-7-23(32(3,28)29)24(20)31-22-9-8-19(30-2)16-21(22)26/h4,6-9,16-18,27H,5,10-15H2,1-3H3. The zero-order valence-corrected chi connectivity index (χ0v) is 20.6. The van der Waals surface area contributed by atoms with Crippen molar-refractivity contribution >= 4 is 33.0 Å². The lowest BCUT2D eigenvalue weighted by Gasteiger charge is -2.36. The number of nitrogens with zero attached hydrogens (tertiary/aromatic N) is 2. The van der Waals surface area contributed by atoms with Crippen LogP contribution in [-0.4, -0.2) is 64.1 Å². The van der Waals surface area contributed by atoms with Gasteiger partial charge in [0.25, 0.3) is 0 Å². The second-order valence-corrected chi connectivity index (χ2v) is 11.8. The van der Waals surface area contributed by atoms with Crippen molar-refractivity contribution in [1.29, 1.82) is 0 Å². The van der Waals surface area contributed by atoms with Crippen molar-refractivity contribution < 1.29 is 18.3 Å². The highest BCUT2D eigenvalue weighted by atomic mass is 32.2. The number of hydrogen-bond donors (Lipinski definition) is 1. The predicted octanol–water partition coefficient (Wildman–Crippen LogP) is 4.18. The summed E-state index contributed by atoms with van der Waals surface area (Å²) in [7, 11) is -1.67. The van der Waals surface area contributed by atoms with Crippen molar-refractivity contribution in [1.82, 2.24) is 4.90 Å². The average molecular weight is 477 g/mol. The fourth-order valence-corrected chi connectivity index (χ4v) is 7.05. The lowest BCUT2D eigenvalue weighted by atomic mass is 9.92. The summed E-state index contributed by atoms with van der Waals surface area (Å²) in [6.07, 6.45) is 4.09. The summed E-state index contributed by atoms with van der Waals surface area (Å²) in [6, 6.07) is 11.5. The Hall–Kier alpha value is -1.74. The molecule has 1 atom stereocenters. The molecule has 8 heteroatoms. The van der Waals surface area contributed by atoms with Crippen LogP contribution in [0, 0.1) is 5.92 Å². The number of aliphatic hydroxyl groups excluding tert-OH is 1. The van der Waals surface area contributed by atoms with Gasteiger partial charge in [0.05, 0.1) is 34.4 Å². The normalized spacial score (nSPS) is 18.2. The number of rotatable bonds is 7. The van der Waals surface area contributed by atoms with Gasteiger partial charge in [0, 0.05) is 23.8 Å². The Balaban J connectivity index is 1.56. The largest absolute Gasteiger partial charge is 0.497 e. The van der Waals surface area contributed by atoms with Gasteiger partial charge in [0.2, 0.25) is 0 Å². The summed E-state index contributed by atoms with van der Waals surface area (Å²) < 4.78 is 30.3. The number of aliphatic hydroxyl groups is 1. The minimum Gasteiger partial charge on any atom is -0.497 e. The fraction of sp³-hybridized carbons (Fsp3) is 0.500. The summed E-state index contributed by atoms with van der Waals surface area (Å²) in [5, 5.41) is 9.84. The number of anilines is 2. The van der Waals surface area contributed by atoms with E-state index in [9.17, 15) is 13.5 Å². The Morgan fingerprint density at radius 2 is 1.91 bits per heavy atom. The number of piperidine rings is 1. The molecule has 2 aliphatic heterocycles. The van der Waals surface area contributed by atoms with Crippen LogP contribution >= 0.6 is 11.8 Å². The van der Waals surface area contributed by atoms with E-state index in [0.29, 0.717) is 10.8 Å². The monoisotopic (exact) mass is 476 g/mol. The first-order valence-corrected chi connectivity index (χ1v) is 13.9. The Bertz CT molecular complexity index is 1060. The first kappa shape index (κ1) is 23.4. The molecule has 4 rings (SSSR count). The number of benzene rings is 2. The lowest BCUT2D eigenvalue weighted by Crippen LogP contribution is -2.38. The van der Waals surface area contributed by atoms with E-state index in [1.165, 1.54) is 18.0 Å². The van der Waals surface area contributed by atoms with Crippen LogP contribution < -0.4 is 9.64 Å². The maximum atomic E-state index is 12.4. The maximum Gasteiger partial charge on any atom is 0.176 e. The molecular weight excluding hydrogens is 444 g/mol. The molecule has 2 heterocycles. The van der Waals surface area contributed by atoms with E-state index in [0.717, 1.165) is 72.4 Å². The molecular formula is C24H32N2O4S2.